The summed E-state index contributed by atoms with van der Waals surface area (Å²) in [5, 5.41) is 12.9. The SMILES string of the molecule is CCCCNCc1c(C(=O)O)c(C)n(Cc2ccc(F)cc2)c1C. The third-order valence-corrected chi connectivity index (χ3v) is 4.39. The van der Waals surface area contributed by atoms with Crippen LogP contribution in [0.4, 0.5) is 4.39 Å². The lowest BCUT2D eigenvalue weighted by atomic mass is 10.1. The highest BCUT2D eigenvalue weighted by atomic mass is 19.1. The molecule has 0 unspecified atom stereocenters. The number of rotatable bonds is 8. The molecule has 1 aromatic carbocycles. The first-order valence-electron chi connectivity index (χ1n) is 8.32. The molecule has 5 heteroatoms. The molecule has 2 aromatic rings. The molecule has 0 aliphatic heterocycles. The molecule has 0 spiro atoms. The van der Waals surface area contributed by atoms with E-state index in [1.165, 1.54) is 12.1 Å². The number of halogens is 1. The Hall–Kier alpha value is -2.14. The summed E-state index contributed by atoms with van der Waals surface area (Å²) in [4.78, 5) is 11.7. The molecular formula is C19H25FN2O2. The van der Waals surface area contributed by atoms with E-state index < -0.39 is 5.97 Å². The lowest BCUT2D eigenvalue weighted by molar-refractivity contribution is 0.0694. The lowest BCUT2D eigenvalue weighted by Gasteiger charge is -2.10. The Kier molecular flexibility index (Phi) is 6.15. The second-order valence-corrected chi connectivity index (χ2v) is 6.07. The van der Waals surface area contributed by atoms with Gasteiger partial charge in [0.05, 0.1) is 5.56 Å². The number of hydrogen-bond donors (Lipinski definition) is 2. The highest BCUT2D eigenvalue weighted by molar-refractivity contribution is 5.91. The van der Waals surface area contributed by atoms with Crippen LogP contribution in [0.1, 0.15) is 52.6 Å². The second-order valence-electron chi connectivity index (χ2n) is 6.07. The number of hydrogen-bond acceptors (Lipinski definition) is 2. The Labute approximate surface area is 142 Å². The van der Waals surface area contributed by atoms with Gasteiger partial charge in [-0.3, -0.25) is 0 Å². The van der Waals surface area contributed by atoms with Crippen LogP contribution >= 0.6 is 0 Å². The lowest BCUT2D eigenvalue weighted by Crippen LogP contribution is -2.17. The zero-order valence-electron chi connectivity index (χ0n) is 14.5. The Balaban J connectivity index is 2.30. The standard InChI is InChI=1S/C19H25FN2O2/c1-4-5-10-21-11-17-13(2)22(14(3)18(17)19(23)24)12-15-6-8-16(20)9-7-15/h6-9,21H,4-5,10-12H2,1-3H3,(H,23,24). The quantitative estimate of drug-likeness (QED) is 0.721. The summed E-state index contributed by atoms with van der Waals surface area (Å²) >= 11 is 0. The van der Waals surface area contributed by atoms with Gasteiger partial charge in [-0.05, 0) is 44.5 Å². The van der Waals surface area contributed by atoms with Gasteiger partial charge in [0.15, 0.2) is 0 Å². The van der Waals surface area contributed by atoms with Crippen LogP contribution < -0.4 is 5.32 Å². The van der Waals surface area contributed by atoms with Crippen molar-refractivity contribution in [2.24, 2.45) is 0 Å². The largest absolute Gasteiger partial charge is 0.478 e. The third kappa shape index (κ3) is 4.03. The van der Waals surface area contributed by atoms with Gasteiger partial charge in [-0.15, -0.1) is 0 Å². The van der Waals surface area contributed by atoms with Crippen molar-refractivity contribution in [2.45, 2.75) is 46.7 Å². The summed E-state index contributed by atoms with van der Waals surface area (Å²) in [5.41, 5.74) is 3.83. The van der Waals surface area contributed by atoms with E-state index in [0.717, 1.165) is 41.9 Å². The van der Waals surface area contributed by atoms with Crippen LogP contribution in [0.25, 0.3) is 0 Å². The monoisotopic (exact) mass is 332 g/mol. The highest BCUT2D eigenvalue weighted by Gasteiger charge is 2.22. The topological polar surface area (TPSA) is 54.3 Å². The Morgan fingerprint density at radius 1 is 1.21 bits per heavy atom. The van der Waals surface area contributed by atoms with Crippen molar-refractivity contribution in [2.75, 3.05) is 6.54 Å². The predicted molar refractivity (Wildman–Crippen MR) is 93.0 cm³/mol. The van der Waals surface area contributed by atoms with Gasteiger partial charge in [-0.2, -0.15) is 0 Å². The normalized spacial score (nSPS) is 11.0. The number of aromatic carboxylic acids is 1. The molecular weight excluding hydrogens is 307 g/mol. The van der Waals surface area contributed by atoms with E-state index in [0.29, 0.717) is 18.7 Å². The van der Waals surface area contributed by atoms with Gasteiger partial charge >= 0.3 is 5.97 Å². The number of carboxylic acid groups (broad SMARTS) is 1. The molecule has 0 radical (unpaired) electrons. The van der Waals surface area contributed by atoms with E-state index in [9.17, 15) is 14.3 Å². The first-order valence-corrected chi connectivity index (χ1v) is 8.32. The molecule has 2 rings (SSSR count). The molecule has 0 saturated heterocycles. The molecule has 0 saturated carbocycles. The van der Waals surface area contributed by atoms with Crippen LogP contribution in [0, 0.1) is 19.7 Å². The fourth-order valence-electron chi connectivity index (χ4n) is 2.97. The molecule has 2 N–H and O–H groups in total. The molecule has 0 fully saturated rings. The van der Waals surface area contributed by atoms with Crippen molar-refractivity contribution in [3.05, 3.63) is 58.2 Å². The molecule has 1 heterocycles. The molecule has 1 aromatic heterocycles. The number of aromatic nitrogens is 1. The fourth-order valence-corrected chi connectivity index (χ4v) is 2.97. The maximum absolute atomic E-state index is 13.1. The molecule has 0 bridgehead atoms. The van der Waals surface area contributed by atoms with E-state index in [1.807, 2.05) is 18.4 Å². The number of benzene rings is 1. The van der Waals surface area contributed by atoms with E-state index >= 15 is 0 Å². The Bertz CT molecular complexity index is 705. The average Bonchev–Trinajstić information content (AvgIpc) is 2.78. The van der Waals surface area contributed by atoms with E-state index in [-0.39, 0.29) is 5.82 Å². The van der Waals surface area contributed by atoms with Gasteiger partial charge in [0, 0.05) is 30.0 Å². The Morgan fingerprint density at radius 3 is 2.46 bits per heavy atom. The summed E-state index contributed by atoms with van der Waals surface area (Å²) in [6.45, 7) is 7.85. The molecule has 130 valence electrons. The van der Waals surface area contributed by atoms with Gasteiger partial charge < -0.3 is 15.0 Å². The number of unbranched alkanes of at least 4 members (excludes halogenated alkanes) is 1. The highest BCUT2D eigenvalue weighted by Crippen LogP contribution is 2.24. The minimum absolute atomic E-state index is 0.272. The van der Waals surface area contributed by atoms with Crippen molar-refractivity contribution in [1.82, 2.24) is 9.88 Å². The Morgan fingerprint density at radius 2 is 1.88 bits per heavy atom. The van der Waals surface area contributed by atoms with Crippen LogP contribution in [0.5, 0.6) is 0 Å². The van der Waals surface area contributed by atoms with Crippen LogP contribution in [-0.2, 0) is 13.1 Å². The molecule has 4 nitrogen and oxygen atoms in total. The number of nitrogens with zero attached hydrogens (tertiary/aromatic N) is 1. The summed E-state index contributed by atoms with van der Waals surface area (Å²) in [7, 11) is 0. The van der Waals surface area contributed by atoms with Crippen LogP contribution in [-0.4, -0.2) is 22.2 Å². The van der Waals surface area contributed by atoms with Crippen molar-refractivity contribution in [1.29, 1.82) is 0 Å². The van der Waals surface area contributed by atoms with E-state index in [2.05, 4.69) is 12.2 Å². The zero-order valence-corrected chi connectivity index (χ0v) is 14.5. The molecule has 0 aliphatic rings. The molecule has 0 aliphatic carbocycles. The summed E-state index contributed by atoms with van der Waals surface area (Å²) in [6.07, 6.45) is 2.17. The van der Waals surface area contributed by atoms with E-state index in [4.69, 9.17) is 0 Å². The molecule has 24 heavy (non-hydrogen) atoms. The molecule has 0 amide bonds. The second kappa shape index (κ2) is 8.11. The van der Waals surface area contributed by atoms with Gasteiger partial charge in [-0.25, -0.2) is 9.18 Å². The third-order valence-electron chi connectivity index (χ3n) is 4.39. The number of nitrogens with one attached hydrogen (secondary N) is 1. The predicted octanol–water partition coefficient (Wildman–Crippen LogP) is 3.88. The number of carboxylic acids is 1. The molecule has 0 atom stereocenters. The van der Waals surface area contributed by atoms with Crippen molar-refractivity contribution < 1.29 is 14.3 Å². The average molecular weight is 332 g/mol. The summed E-state index contributed by atoms with van der Waals surface area (Å²) in [6, 6.07) is 6.31. The van der Waals surface area contributed by atoms with Crippen molar-refractivity contribution >= 4 is 5.97 Å². The van der Waals surface area contributed by atoms with Crippen LogP contribution in [0.2, 0.25) is 0 Å². The van der Waals surface area contributed by atoms with Crippen molar-refractivity contribution in [3.8, 4) is 0 Å². The van der Waals surface area contributed by atoms with Crippen molar-refractivity contribution in [3.63, 3.8) is 0 Å². The van der Waals surface area contributed by atoms with Gasteiger partial charge in [0.2, 0.25) is 0 Å². The summed E-state index contributed by atoms with van der Waals surface area (Å²) < 4.78 is 15.1. The van der Waals surface area contributed by atoms with Crippen LogP contribution in [0.3, 0.4) is 0 Å². The fraction of sp³-hybridized carbons (Fsp3) is 0.421. The van der Waals surface area contributed by atoms with E-state index in [1.54, 1.807) is 12.1 Å². The maximum atomic E-state index is 13.1. The maximum Gasteiger partial charge on any atom is 0.337 e. The smallest absolute Gasteiger partial charge is 0.337 e. The summed E-state index contributed by atoms with van der Waals surface area (Å²) in [5.74, 6) is -1.17. The van der Waals surface area contributed by atoms with Gasteiger partial charge in [0.25, 0.3) is 0 Å². The first kappa shape index (κ1) is 18.2. The van der Waals surface area contributed by atoms with Crippen LogP contribution in [0.15, 0.2) is 24.3 Å². The zero-order chi connectivity index (χ0) is 17.7. The minimum Gasteiger partial charge on any atom is -0.478 e. The van der Waals surface area contributed by atoms with Gasteiger partial charge in [-0.1, -0.05) is 25.5 Å². The minimum atomic E-state index is -0.902. The number of carbonyl (C=O) groups is 1. The van der Waals surface area contributed by atoms with Gasteiger partial charge in [0.1, 0.15) is 5.82 Å². The first-order chi connectivity index (χ1) is 11.5.